The standard InChI is InChI=1S/C19H28NO2P.C2H6O/c1-8-22-23-14(12-20)9-13-10-15(18(2,3)4)17(21)16(11-13)19(5,6)7;1-2-3/h9-11,21,23H,8H2,1-7H3;3H,2H2,1H3/b14-9-;. The second-order valence-corrected chi connectivity index (χ2v) is 9.02. The Kier molecular flexibility index (Phi) is 10.1. The van der Waals surface area contributed by atoms with Crippen molar-refractivity contribution < 1.29 is 14.7 Å². The van der Waals surface area contributed by atoms with Crippen LogP contribution in [0.5, 0.6) is 5.75 Å². The number of allylic oxidation sites excluding steroid dienone is 1. The molecule has 146 valence electrons. The van der Waals surface area contributed by atoms with Gasteiger partial charge in [-0.3, -0.25) is 0 Å². The van der Waals surface area contributed by atoms with Crippen LogP contribution in [0.4, 0.5) is 0 Å². The Hall–Kier alpha value is -1.40. The Morgan fingerprint density at radius 2 is 1.54 bits per heavy atom. The highest BCUT2D eigenvalue weighted by molar-refractivity contribution is 7.38. The molecule has 0 aromatic heterocycles. The molecule has 0 aliphatic heterocycles. The van der Waals surface area contributed by atoms with E-state index in [-0.39, 0.29) is 26.2 Å². The lowest BCUT2D eigenvalue weighted by atomic mass is 9.78. The largest absolute Gasteiger partial charge is 0.507 e. The third-order valence-corrected chi connectivity index (χ3v) is 4.42. The molecule has 5 heteroatoms. The van der Waals surface area contributed by atoms with E-state index >= 15 is 0 Å². The first-order valence-electron chi connectivity index (χ1n) is 8.90. The number of phenolic OH excluding ortho intramolecular Hbond substituents is 1. The summed E-state index contributed by atoms with van der Waals surface area (Å²) in [6.07, 6.45) is 1.86. The summed E-state index contributed by atoms with van der Waals surface area (Å²) in [7, 11) is 0.0506. The van der Waals surface area contributed by atoms with E-state index in [1.807, 2.05) is 25.1 Å². The number of aromatic hydroxyl groups is 1. The van der Waals surface area contributed by atoms with Gasteiger partial charge in [0.25, 0.3) is 0 Å². The molecule has 26 heavy (non-hydrogen) atoms. The van der Waals surface area contributed by atoms with E-state index < -0.39 is 0 Å². The molecule has 2 N–H and O–H groups in total. The highest BCUT2D eigenvalue weighted by atomic mass is 31.1. The highest BCUT2D eigenvalue weighted by Gasteiger charge is 2.26. The van der Waals surface area contributed by atoms with Crippen molar-refractivity contribution in [2.75, 3.05) is 13.2 Å². The van der Waals surface area contributed by atoms with Gasteiger partial charge in [-0.25, -0.2) is 0 Å². The number of aliphatic hydroxyl groups is 1. The van der Waals surface area contributed by atoms with Gasteiger partial charge in [0.1, 0.15) is 11.8 Å². The molecule has 1 atom stereocenters. The van der Waals surface area contributed by atoms with Crippen LogP contribution >= 0.6 is 8.81 Å². The molecule has 0 bridgehead atoms. The van der Waals surface area contributed by atoms with E-state index in [9.17, 15) is 10.4 Å². The maximum Gasteiger partial charge on any atom is 0.123 e. The van der Waals surface area contributed by atoms with Gasteiger partial charge in [-0.15, -0.1) is 0 Å². The van der Waals surface area contributed by atoms with E-state index in [1.54, 1.807) is 6.92 Å². The predicted octanol–water partition coefficient (Wildman–Crippen LogP) is 5.48. The zero-order valence-corrected chi connectivity index (χ0v) is 18.4. The molecule has 1 unspecified atom stereocenters. The smallest absolute Gasteiger partial charge is 0.123 e. The fraction of sp³-hybridized carbons (Fsp3) is 0.571. The van der Waals surface area contributed by atoms with Crippen molar-refractivity contribution in [3.63, 3.8) is 0 Å². The van der Waals surface area contributed by atoms with Crippen LogP contribution in [0.25, 0.3) is 6.08 Å². The van der Waals surface area contributed by atoms with Crippen LogP contribution in [0.15, 0.2) is 17.4 Å². The summed E-state index contributed by atoms with van der Waals surface area (Å²) in [5.74, 6) is 0.355. The van der Waals surface area contributed by atoms with E-state index in [0.29, 0.717) is 17.7 Å². The summed E-state index contributed by atoms with van der Waals surface area (Å²) in [6, 6.07) is 6.14. The summed E-state index contributed by atoms with van der Waals surface area (Å²) >= 11 is 0. The average molecular weight is 379 g/mol. The summed E-state index contributed by atoms with van der Waals surface area (Å²) in [4.78, 5) is 0. The SMILES string of the molecule is CCO.CCOP/C(C#N)=C\c1cc(C(C)(C)C)c(O)c(C(C)(C)C)c1. The van der Waals surface area contributed by atoms with Gasteiger partial charge in [0.2, 0.25) is 0 Å². The van der Waals surface area contributed by atoms with Gasteiger partial charge >= 0.3 is 0 Å². The number of hydrogen-bond donors (Lipinski definition) is 2. The first-order valence-corrected chi connectivity index (χ1v) is 9.81. The molecule has 0 saturated heterocycles. The number of nitrogens with zero attached hydrogens (tertiary/aromatic N) is 1. The number of phenols is 1. The third kappa shape index (κ3) is 7.87. The monoisotopic (exact) mass is 379 g/mol. The van der Waals surface area contributed by atoms with Crippen molar-refractivity contribution in [2.24, 2.45) is 0 Å². The topological polar surface area (TPSA) is 73.5 Å². The quantitative estimate of drug-likeness (QED) is 0.537. The fourth-order valence-electron chi connectivity index (χ4n) is 2.28. The molecule has 0 aliphatic rings. The molecule has 0 amide bonds. The van der Waals surface area contributed by atoms with Gasteiger partial charge in [0, 0.05) is 24.3 Å². The second-order valence-electron chi connectivity index (χ2n) is 7.99. The first kappa shape index (κ1) is 24.6. The van der Waals surface area contributed by atoms with Gasteiger partial charge in [0.15, 0.2) is 0 Å². The van der Waals surface area contributed by atoms with Gasteiger partial charge in [-0.05, 0) is 48.4 Å². The zero-order valence-electron chi connectivity index (χ0n) is 17.4. The van der Waals surface area contributed by atoms with Crippen LogP contribution in [0, 0.1) is 11.3 Å². The summed E-state index contributed by atoms with van der Waals surface area (Å²) in [5.41, 5.74) is 2.37. The Morgan fingerprint density at radius 1 is 1.12 bits per heavy atom. The molecule has 0 radical (unpaired) electrons. The molecule has 1 rings (SSSR count). The molecule has 0 aliphatic carbocycles. The lowest BCUT2D eigenvalue weighted by Crippen LogP contribution is -2.17. The van der Waals surface area contributed by atoms with E-state index in [1.165, 1.54) is 0 Å². The number of nitriles is 1. The number of hydrogen-bond acceptors (Lipinski definition) is 4. The average Bonchev–Trinajstić information content (AvgIpc) is 2.51. The van der Waals surface area contributed by atoms with Crippen LogP contribution in [0.3, 0.4) is 0 Å². The van der Waals surface area contributed by atoms with Crippen molar-refractivity contribution in [1.29, 1.82) is 5.26 Å². The minimum absolute atomic E-state index is 0.0506. The van der Waals surface area contributed by atoms with Gasteiger partial charge < -0.3 is 14.7 Å². The molecule has 0 fully saturated rings. The Morgan fingerprint density at radius 3 is 1.85 bits per heavy atom. The molecule has 0 saturated carbocycles. The van der Waals surface area contributed by atoms with Crippen LogP contribution in [0.2, 0.25) is 0 Å². The molecule has 0 spiro atoms. The molecule has 4 nitrogen and oxygen atoms in total. The predicted molar refractivity (Wildman–Crippen MR) is 112 cm³/mol. The molecular weight excluding hydrogens is 345 g/mol. The zero-order chi connectivity index (χ0) is 20.5. The van der Waals surface area contributed by atoms with Crippen molar-refractivity contribution in [2.45, 2.75) is 66.2 Å². The molecule has 0 heterocycles. The Balaban J connectivity index is 0.00000194. The minimum Gasteiger partial charge on any atom is -0.507 e. The number of aliphatic hydroxyl groups excluding tert-OH is 1. The molecule has 1 aromatic rings. The number of rotatable bonds is 4. The van der Waals surface area contributed by atoms with Crippen LogP contribution in [-0.2, 0) is 15.4 Å². The van der Waals surface area contributed by atoms with Crippen LogP contribution in [-0.4, -0.2) is 23.4 Å². The molecule has 1 aromatic carbocycles. The summed E-state index contributed by atoms with van der Waals surface area (Å²) in [5, 5.41) is 28.2. The van der Waals surface area contributed by atoms with Crippen molar-refractivity contribution in [3.05, 3.63) is 34.1 Å². The molecular formula is C21H34NO3P. The van der Waals surface area contributed by atoms with Crippen molar-refractivity contribution in [3.8, 4) is 11.8 Å². The summed E-state index contributed by atoms with van der Waals surface area (Å²) < 4.78 is 5.37. The lowest BCUT2D eigenvalue weighted by molar-refractivity contribution is 0.318. The Bertz CT molecular complexity index is 612. The van der Waals surface area contributed by atoms with Crippen molar-refractivity contribution in [1.82, 2.24) is 0 Å². The van der Waals surface area contributed by atoms with Crippen LogP contribution in [0.1, 0.15) is 72.1 Å². The highest BCUT2D eigenvalue weighted by Crippen LogP contribution is 2.40. The van der Waals surface area contributed by atoms with E-state index in [2.05, 4.69) is 47.6 Å². The Labute approximate surface area is 160 Å². The first-order chi connectivity index (χ1) is 11.9. The van der Waals surface area contributed by atoms with Crippen LogP contribution < -0.4 is 0 Å². The van der Waals surface area contributed by atoms with Gasteiger partial charge in [0.05, 0.1) is 14.1 Å². The fourth-order valence-corrected chi connectivity index (χ4v) is 2.86. The van der Waals surface area contributed by atoms with E-state index in [4.69, 9.17) is 9.63 Å². The van der Waals surface area contributed by atoms with Crippen molar-refractivity contribution >= 4 is 14.9 Å². The normalized spacial score (nSPS) is 12.7. The van der Waals surface area contributed by atoms with Gasteiger partial charge in [-0.1, -0.05) is 41.5 Å². The van der Waals surface area contributed by atoms with E-state index in [0.717, 1.165) is 16.7 Å². The second kappa shape index (κ2) is 10.7. The third-order valence-electron chi connectivity index (χ3n) is 3.51. The minimum atomic E-state index is -0.178. The summed E-state index contributed by atoms with van der Waals surface area (Å²) in [6.45, 7) is 16.9. The lowest BCUT2D eigenvalue weighted by Gasteiger charge is -2.28. The number of benzene rings is 1. The maximum absolute atomic E-state index is 10.7. The van der Waals surface area contributed by atoms with Gasteiger partial charge in [-0.2, -0.15) is 5.26 Å². The maximum atomic E-state index is 10.7.